The van der Waals surface area contributed by atoms with E-state index < -0.39 is 5.60 Å². The van der Waals surface area contributed by atoms with Crippen molar-refractivity contribution in [2.75, 3.05) is 13.1 Å². The molecule has 0 heterocycles. The van der Waals surface area contributed by atoms with Crippen molar-refractivity contribution in [3.63, 3.8) is 0 Å². The SMILES string of the molecule is CCC(C)(C)CNCC(C)(O)CC. The highest BCUT2D eigenvalue weighted by atomic mass is 16.3. The molecule has 0 rings (SSSR count). The highest BCUT2D eigenvalue weighted by molar-refractivity contribution is 4.76. The van der Waals surface area contributed by atoms with Gasteiger partial charge in [-0.2, -0.15) is 0 Å². The Hall–Kier alpha value is -0.0800. The third-order valence-corrected chi connectivity index (χ3v) is 2.83. The lowest BCUT2D eigenvalue weighted by atomic mass is 9.90. The average Bonchev–Trinajstić information content (AvgIpc) is 2.04. The standard InChI is InChI=1S/C11H25NO/c1-6-10(3,4)8-12-9-11(5,13)7-2/h12-13H,6-9H2,1-5H3. The van der Waals surface area contributed by atoms with Crippen molar-refractivity contribution in [2.45, 2.75) is 53.1 Å². The van der Waals surface area contributed by atoms with Crippen molar-refractivity contribution in [3.05, 3.63) is 0 Å². The second-order valence-corrected chi connectivity index (χ2v) is 4.97. The quantitative estimate of drug-likeness (QED) is 0.668. The highest BCUT2D eigenvalue weighted by Crippen LogP contribution is 2.18. The molecule has 0 bridgehead atoms. The first kappa shape index (κ1) is 12.9. The fraction of sp³-hybridized carbons (Fsp3) is 1.00. The molecule has 13 heavy (non-hydrogen) atoms. The summed E-state index contributed by atoms with van der Waals surface area (Å²) in [7, 11) is 0. The molecule has 0 aromatic rings. The van der Waals surface area contributed by atoms with Gasteiger partial charge in [-0.1, -0.05) is 27.7 Å². The molecule has 0 amide bonds. The molecule has 2 N–H and O–H groups in total. The largest absolute Gasteiger partial charge is 0.389 e. The zero-order chi connectivity index (χ0) is 10.5. The molecule has 0 aliphatic carbocycles. The van der Waals surface area contributed by atoms with Crippen molar-refractivity contribution < 1.29 is 5.11 Å². The van der Waals surface area contributed by atoms with E-state index in [1.54, 1.807) is 0 Å². The molecule has 0 aromatic heterocycles. The lowest BCUT2D eigenvalue weighted by Gasteiger charge is -2.27. The molecule has 0 saturated heterocycles. The van der Waals surface area contributed by atoms with Crippen LogP contribution in [0.15, 0.2) is 0 Å². The number of aliphatic hydroxyl groups is 1. The van der Waals surface area contributed by atoms with Crippen molar-refractivity contribution in [1.82, 2.24) is 5.32 Å². The van der Waals surface area contributed by atoms with Crippen molar-refractivity contribution in [3.8, 4) is 0 Å². The third-order valence-electron chi connectivity index (χ3n) is 2.83. The second-order valence-electron chi connectivity index (χ2n) is 4.97. The summed E-state index contributed by atoms with van der Waals surface area (Å²) in [5, 5.41) is 13.0. The van der Waals surface area contributed by atoms with E-state index in [2.05, 4.69) is 26.1 Å². The summed E-state index contributed by atoms with van der Waals surface area (Å²) >= 11 is 0. The Balaban J connectivity index is 3.68. The van der Waals surface area contributed by atoms with Crippen molar-refractivity contribution in [1.29, 1.82) is 0 Å². The summed E-state index contributed by atoms with van der Waals surface area (Å²) in [6, 6.07) is 0. The zero-order valence-corrected chi connectivity index (χ0v) is 9.78. The van der Waals surface area contributed by atoms with Gasteiger partial charge in [0.25, 0.3) is 0 Å². The van der Waals surface area contributed by atoms with E-state index in [4.69, 9.17) is 0 Å². The van der Waals surface area contributed by atoms with Crippen LogP contribution in [0.3, 0.4) is 0 Å². The Morgan fingerprint density at radius 3 is 1.92 bits per heavy atom. The van der Waals surface area contributed by atoms with Gasteiger partial charge in [0.2, 0.25) is 0 Å². The molecule has 2 heteroatoms. The van der Waals surface area contributed by atoms with Crippen LogP contribution in [0.25, 0.3) is 0 Å². The van der Waals surface area contributed by atoms with Gasteiger partial charge in [0.1, 0.15) is 0 Å². The maximum absolute atomic E-state index is 9.73. The second kappa shape index (κ2) is 4.97. The lowest BCUT2D eigenvalue weighted by Crippen LogP contribution is -2.40. The predicted octanol–water partition coefficient (Wildman–Crippen LogP) is 2.17. The first-order chi connectivity index (χ1) is 5.83. The van der Waals surface area contributed by atoms with Crippen LogP contribution in [0.1, 0.15) is 47.5 Å². The Kier molecular flexibility index (Phi) is 4.93. The minimum absolute atomic E-state index is 0.337. The molecule has 0 fully saturated rings. The first-order valence-electron chi connectivity index (χ1n) is 5.26. The molecule has 0 aromatic carbocycles. The van der Waals surface area contributed by atoms with Gasteiger partial charge in [-0.05, 0) is 25.2 Å². The summed E-state index contributed by atoms with van der Waals surface area (Å²) in [6.45, 7) is 12.2. The molecule has 0 radical (unpaired) electrons. The van der Waals surface area contributed by atoms with E-state index in [0.717, 1.165) is 19.4 Å². The highest BCUT2D eigenvalue weighted by Gasteiger charge is 2.19. The minimum atomic E-state index is -0.552. The maximum atomic E-state index is 9.73. The van der Waals surface area contributed by atoms with Gasteiger partial charge in [0, 0.05) is 13.1 Å². The zero-order valence-electron chi connectivity index (χ0n) is 9.78. The van der Waals surface area contributed by atoms with Crippen LogP contribution >= 0.6 is 0 Å². The van der Waals surface area contributed by atoms with Crippen LogP contribution in [0.4, 0.5) is 0 Å². The van der Waals surface area contributed by atoms with Gasteiger partial charge in [-0.15, -0.1) is 0 Å². The maximum Gasteiger partial charge on any atom is 0.0740 e. The van der Waals surface area contributed by atoms with Crippen LogP contribution in [-0.2, 0) is 0 Å². The monoisotopic (exact) mass is 187 g/mol. The molecule has 2 nitrogen and oxygen atoms in total. The van der Waals surface area contributed by atoms with E-state index in [1.165, 1.54) is 0 Å². The summed E-state index contributed by atoms with van der Waals surface area (Å²) in [4.78, 5) is 0. The van der Waals surface area contributed by atoms with Crippen LogP contribution in [0.2, 0.25) is 0 Å². The predicted molar refractivity (Wildman–Crippen MR) is 57.9 cm³/mol. The number of rotatable bonds is 6. The summed E-state index contributed by atoms with van der Waals surface area (Å²) in [6.07, 6.45) is 1.96. The lowest BCUT2D eigenvalue weighted by molar-refractivity contribution is 0.0533. The van der Waals surface area contributed by atoms with E-state index in [1.807, 2.05) is 13.8 Å². The van der Waals surface area contributed by atoms with Crippen LogP contribution < -0.4 is 5.32 Å². The third kappa shape index (κ3) is 6.05. The fourth-order valence-electron chi connectivity index (χ4n) is 0.920. The van der Waals surface area contributed by atoms with E-state index >= 15 is 0 Å². The van der Waals surface area contributed by atoms with E-state index in [0.29, 0.717) is 12.0 Å². The molecule has 0 saturated carbocycles. The number of nitrogens with one attached hydrogen (secondary N) is 1. The summed E-state index contributed by atoms with van der Waals surface area (Å²) in [5.41, 5.74) is -0.215. The van der Waals surface area contributed by atoms with Gasteiger partial charge < -0.3 is 10.4 Å². The molecule has 0 aliphatic rings. The van der Waals surface area contributed by atoms with Gasteiger partial charge in [0.05, 0.1) is 5.60 Å². The van der Waals surface area contributed by atoms with Crippen LogP contribution in [-0.4, -0.2) is 23.8 Å². The topological polar surface area (TPSA) is 32.3 Å². The molecular formula is C11H25NO. The number of hydrogen-bond acceptors (Lipinski definition) is 2. The van der Waals surface area contributed by atoms with Gasteiger partial charge >= 0.3 is 0 Å². The Labute approximate surface area is 82.7 Å². The summed E-state index contributed by atoms with van der Waals surface area (Å²) < 4.78 is 0. The Morgan fingerprint density at radius 2 is 1.54 bits per heavy atom. The Morgan fingerprint density at radius 1 is 1.00 bits per heavy atom. The number of hydrogen-bond donors (Lipinski definition) is 2. The smallest absolute Gasteiger partial charge is 0.0740 e. The fourth-order valence-corrected chi connectivity index (χ4v) is 0.920. The summed E-state index contributed by atoms with van der Waals surface area (Å²) in [5.74, 6) is 0. The van der Waals surface area contributed by atoms with Gasteiger partial charge in [0.15, 0.2) is 0 Å². The average molecular weight is 187 g/mol. The molecule has 1 atom stereocenters. The molecule has 80 valence electrons. The Bertz CT molecular complexity index is 125. The van der Waals surface area contributed by atoms with Crippen molar-refractivity contribution >= 4 is 0 Å². The van der Waals surface area contributed by atoms with E-state index in [-0.39, 0.29) is 0 Å². The molecule has 1 unspecified atom stereocenters. The van der Waals surface area contributed by atoms with E-state index in [9.17, 15) is 5.11 Å². The molecule has 0 spiro atoms. The molecular weight excluding hydrogens is 162 g/mol. The first-order valence-corrected chi connectivity index (χ1v) is 5.26. The normalized spacial score (nSPS) is 17.1. The van der Waals surface area contributed by atoms with Crippen molar-refractivity contribution in [2.24, 2.45) is 5.41 Å². The molecule has 0 aliphatic heterocycles. The van der Waals surface area contributed by atoms with Crippen LogP contribution in [0, 0.1) is 5.41 Å². The van der Waals surface area contributed by atoms with Gasteiger partial charge in [-0.25, -0.2) is 0 Å². The van der Waals surface area contributed by atoms with Crippen LogP contribution in [0.5, 0.6) is 0 Å². The minimum Gasteiger partial charge on any atom is -0.389 e. The van der Waals surface area contributed by atoms with Gasteiger partial charge in [-0.3, -0.25) is 0 Å².